The lowest BCUT2D eigenvalue weighted by molar-refractivity contribution is 0.0260. The van der Waals surface area contributed by atoms with Crippen LogP contribution < -0.4 is 5.32 Å². The Kier molecular flexibility index (Phi) is 5.33. The second kappa shape index (κ2) is 7.85. The number of nitrogens with zero attached hydrogens (tertiary/aromatic N) is 4. The maximum atomic E-state index is 13.0. The lowest BCUT2D eigenvalue weighted by Gasteiger charge is -2.32. The van der Waals surface area contributed by atoms with Crippen molar-refractivity contribution in [2.45, 2.75) is 37.8 Å². The van der Waals surface area contributed by atoms with E-state index in [9.17, 15) is 4.79 Å². The number of ether oxygens (including phenoxy) is 1. The number of amides is 1. The number of rotatable bonds is 4. The van der Waals surface area contributed by atoms with E-state index in [-0.39, 0.29) is 5.91 Å². The summed E-state index contributed by atoms with van der Waals surface area (Å²) in [4.78, 5) is 17.5. The molecular formula is C18H29N5O2. The van der Waals surface area contributed by atoms with E-state index in [2.05, 4.69) is 15.3 Å². The number of carbonyl (C=O) groups excluding carboxylic acids is 1. The summed E-state index contributed by atoms with van der Waals surface area (Å²) in [6, 6.07) is 2.58. The highest BCUT2D eigenvalue weighted by atomic mass is 16.5. The molecule has 1 amide bonds. The van der Waals surface area contributed by atoms with Crippen LogP contribution in [0.1, 0.15) is 42.2 Å². The first-order valence-electron chi connectivity index (χ1n) is 9.68. The van der Waals surface area contributed by atoms with E-state index in [0.717, 1.165) is 71.7 Å². The molecule has 3 aliphatic rings. The Balaban J connectivity index is 1.39. The predicted octanol–water partition coefficient (Wildman–Crippen LogP) is 0.744. The SMILES string of the molecule is O=C(c1ccn(C2CCCNC2)n1)N1CCCC1CN1CCOCC1. The molecule has 138 valence electrons. The van der Waals surface area contributed by atoms with Crippen LogP contribution in [-0.4, -0.2) is 84.0 Å². The highest BCUT2D eigenvalue weighted by molar-refractivity contribution is 5.92. The Morgan fingerprint density at radius 1 is 1.24 bits per heavy atom. The number of piperidine rings is 1. The monoisotopic (exact) mass is 347 g/mol. The number of carbonyl (C=O) groups is 1. The first-order chi connectivity index (χ1) is 12.3. The summed E-state index contributed by atoms with van der Waals surface area (Å²) >= 11 is 0. The minimum atomic E-state index is 0.0956. The summed E-state index contributed by atoms with van der Waals surface area (Å²) in [6.07, 6.45) is 6.45. The van der Waals surface area contributed by atoms with Crippen LogP contribution in [0.4, 0.5) is 0 Å². The summed E-state index contributed by atoms with van der Waals surface area (Å²) in [5.74, 6) is 0.0956. The molecule has 3 aliphatic heterocycles. The minimum absolute atomic E-state index is 0.0956. The first-order valence-corrected chi connectivity index (χ1v) is 9.68. The third-order valence-corrected chi connectivity index (χ3v) is 5.68. The van der Waals surface area contributed by atoms with Gasteiger partial charge in [-0.2, -0.15) is 5.10 Å². The molecule has 1 aromatic rings. The van der Waals surface area contributed by atoms with Gasteiger partial charge in [-0.25, -0.2) is 0 Å². The average molecular weight is 347 g/mol. The molecule has 2 unspecified atom stereocenters. The third-order valence-electron chi connectivity index (χ3n) is 5.68. The lowest BCUT2D eigenvalue weighted by Crippen LogP contribution is -2.46. The minimum Gasteiger partial charge on any atom is -0.379 e. The Morgan fingerprint density at radius 3 is 2.92 bits per heavy atom. The van der Waals surface area contributed by atoms with Gasteiger partial charge in [-0.15, -0.1) is 0 Å². The van der Waals surface area contributed by atoms with Crippen molar-refractivity contribution in [1.82, 2.24) is 24.9 Å². The number of morpholine rings is 1. The molecule has 25 heavy (non-hydrogen) atoms. The zero-order valence-corrected chi connectivity index (χ0v) is 14.9. The second-order valence-corrected chi connectivity index (χ2v) is 7.39. The van der Waals surface area contributed by atoms with Gasteiger partial charge in [0.05, 0.1) is 19.3 Å². The van der Waals surface area contributed by atoms with Crippen LogP contribution in [0, 0.1) is 0 Å². The Bertz CT molecular complexity index is 578. The van der Waals surface area contributed by atoms with E-state index in [0.29, 0.717) is 17.8 Å². The fourth-order valence-corrected chi connectivity index (χ4v) is 4.24. The summed E-state index contributed by atoms with van der Waals surface area (Å²) in [5, 5.41) is 8.02. The molecule has 0 radical (unpaired) electrons. The number of hydrogen-bond donors (Lipinski definition) is 1. The number of nitrogens with one attached hydrogen (secondary N) is 1. The van der Waals surface area contributed by atoms with Gasteiger partial charge in [0, 0.05) is 45.0 Å². The van der Waals surface area contributed by atoms with E-state index in [1.807, 2.05) is 21.8 Å². The van der Waals surface area contributed by atoms with Gasteiger partial charge in [0.1, 0.15) is 5.69 Å². The molecule has 0 aliphatic carbocycles. The van der Waals surface area contributed by atoms with E-state index in [1.54, 1.807) is 0 Å². The smallest absolute Gasteiger partial charge is 0.274 e. The molecule has 0 aromatic carbocycles. The van der Waals surface area contributed by atoms with Crippen LogP contribution in [0.3, 0.4) is 0 Å². The molecule has 4 heterocycles. The fourth-order valence-electron chi connectivity index (χ4n) is 4.24. The van der Waals surface area contributed by atoms with Crippen LogP contribution in [0.2, 0.25) is 0 Å². The van der Waals surface area contributed by atoms with Crippen molar-refractivity contribution in [3.8, 4) is 0 Å². The molecule has 0 spiro atoms. The van der Waals surface area contributed by atoms with Gasteiger partial charge >= 0.3 is 0 Å². The second-order valence-electron chi connectivity index (χ2n) is 7.39. The number of likely N-dealkylation sites (tertiary alicyclic amines) is 1. The van der Waals surface area contributed by atoms with Crippen LogP contribution >= 0.6 is 0 Å². The molecule has 0 bridgehead atoms. The lowest BCUT2D eigenvalue weighted by atomic mass is 10.1. The topological polar surface area (TPSA) is 62.6 Å². The third kappa shape index (κ3) is 3.88. The van der Waals surface area contributed by atoms with Crippen LogP contribution in [0.15, 0.2) is 12.3 Å². The van der Waals surface area contributed by atoms with Gasteiger partial charge in [-0.05, 0) is 38.3 Å². The van der Waals surface area contributed by atoms with Crippen molar-refractivity contribution in [1.29, 1.82) is 0 Å². The van der Waals surface area contributed by atoms with Gasteiger partial charge in [0.15, 0.2) is 0 Å². The zero-order chi connectivity index (χ0) is 17.1. The van der Waals surface area contributed by atoms with E-state index >= 15 is 0 Å². The molecule has 3 fully saturated rings. The van der Waals surface area contributed by atoms with Crippen molar-refractivity contribution in [3.05, 3.63) is 18.0 Å². The number of aromatic nitrogens is 2. The molecule has 7 heteroatoms. The van der Waals surface area contributed by atoms with Gasteiger partial charge in [0.2, 0.25) is 0 Å². The highest BCUT2D eigenvalue weighted by Gasteiger charge is 2.32. The molecule has 7 nitrogen and oxygen atoms in total. The summed E-state index contributed by atoms with van der Waals surface area (Å²) in [7, 11) is 0. The maximum absolute atomic E-state index is 13.0. The van der Waals surface area contributed by atoms with Crippen molar-refractivity contribution in [2.75, 3.05) is 52.5 Å². The van der Waals surface area contributed by atoms with Gasteiger partial charge < -0.3 is 15.0 Å². The fraction of sp³-hybridized carbons (Fsp3) is 0.778. The Hall–Kier alpha value is -1.44. The molecule has 1 N–H and O–H groups in total. The summed E-state index contributed by atoms with van der Waals surface area (Å²) in [5.41, 5.74) is 0.597. The van der Waals surface area contributed by atoms with E-state index in [1.165, 1.54) is 6.42 Å². The van der Waals surface area contributed by atoms with Gasteiger partial charge in [-0.3, -0.25) is 14.4 Å². The van der Waals surface area contributed by atoms with E-state index in [4.69, 9.17) is 4.74 Å². The maximum Gasteiger partial charge on any atom is 0.274 e. The largest absolute Gasteiger partial charge is 0.379 e. The molecule has 1 aromatic heterocycles. The normalized spacial score (nSPS) is 28.4. The number of hydrogen-bond acceptors (Lipinski definition) is 5. The van der Waals surface area contributed by atoms with E-state index < -0.39 is 0 Å². The average Bonchev–Trinajstić information content (AvgIpc) is 3.32. The van der Waals surface area contributed by atoms with Crippen LogP contribution in [0.5, 0.6) is 0 Å². The predicted molar refractivity (Wildman–Crippen MR) is 94.7 cm³/mol. The first kappa shape index (κ1) is 17.0. The van der Waals surface area contributed by atoms with Gasteiger partial charge in [-0.1, -0.05) is 0 Å². The Morgan fingerprint density at radius 2 is 2.12 bits per heavy atom. The molecule has 0 saturated carbocycles. The van der Waals surface area contributed by atoms with Crippen LogP contribution in [-0.2, 0) is 4.74 Å². The molecule has 2 atom stereocenters. The quantitative estimate of drug-likeness (QED) is 0.871. The highest BCUT2D eigenvalue weighted by Crippen LogP contribution is 2.22. The van der Waals surface area contributed by atoms with Crippen molar-refractivity contribution < 1.29 is 9.53 Å². The summed E-state index contributed by atoms with van der Waals surface area (Å²) in [6.45, 7) is 7.40. The zero-order valence-electron chi connectivity index (χ0n) is 14.9. The Labute approximate surface area is 149 Å². The molecule has 4 rings (SSSR count). The van der Waals surface area contributed by atoms with Crippen molar-refractivity contribution >= 4 is 5.91 Å². The molecular weight excluding hydrogens is 318 g/mol. The van der Waals surface area contributed by atoms with Crippen LogP contribution in [0.25, 0.3) is 0 Å². The van der Waals surface area contributed by atoms with Crippen molar-refractivity contribution in [3.63, 3.8) is 0 Å². The van der Waals surface area contributed by atoms with Gasteiger partial charge in [0.25, 0.3) is 5.91 Å². The summed E-state index contributed by atoms with van der Waals surface area (Å²) < 4.78 is 7.41. The standard InChI is InChI=1S/C18H29N5O2/c24-18(17-5-8-23(20-17)15-3-1-6-19-13-15)22-7-2-4-16(22)14-21-9-11-25-12-10-21/h5,8,15-16,19H,1-4,6-7,9-14H2. The molecule has 3 saturated heterocycles. The van der Waals surface area contributed by atoms with Crippen molar-refractivity contribution in [2.24, 2.45) is 0 Å².